The number of hydrazine groups is 1. The van der Waals surface area contributed by atoms with Crippen molar-refractivity contribution < 1.29 is 31.5 Å². The topological polar surface area (TPSA) is 99.6 Å². The zero-order valence-electron chi connectivity index (χ0n) is 15.4. The van der Waals surface area contributed by atoms with Crippen molar-refractivity contribution in [3.05, 3.63) is 58.4 Å². The first kappa shape index (κ1) is 23.5. The van der Waals surface area contributed by atoms with Crippen molar-refractivity contribution >= 4 is 56.1 Å². The molecule has 0 atom stereocenters. The Bertz CT molecular complexity index is 1130. The molecule has 0 saturated heterocycles. The van der Waals surface area contributed by atoms with Gasteiger partial charge in [-0.05, 0) is 35.7 Å². The van der Waals surface area contributed by atoms with E-state index < -0.39 is 27.7 Å². The van der Waals surface area contributed by atoms with Gasteiger partial charge in [0.2, 0.25) is 0 Å². The van der Waals surface area contributed by atoms with E-state index in [1.54, 1.807) is 11.4 Å². The molecule has 0 bridgehead atoms. The van der Waals surface area contributed by atoms with Crippen LogP contribution in [0.3, 0.4) is 0 Å². The lowest BCUT2D eigenvalue weighted by Gasteiger charge is -2.24. The Kier molecular flexibility index (Phi) is 7.26. The number of anilines is 1. The number of thiophene rings is 1. The third kappa shape index (κ3) is 5.77. The molecule has 0 aliphatic carbocycles. The zero-order valence-corrected chi connectivity index (χ0v) is 18.6. The lowest BCUT2D eigenvalue weighted by Crippen LogP contribution is -2.43. The van der Waals surface area contributed by atoms with E-state index >= 15 is 0 Å². The molecule has 2 heterocycles. The van der Waals surface area contributed by atoms with Gasteiger partial charge in [0.15, 0.2) is 10.0 Å². The van der Waals surface area contributed by atoms with Crippen LogP contribution in [0.1, 0.15) is 16.1 Å². The number of hydrogen-bond donors (Lipinski definition) is 2. The van der Waals surface area contributed by atoms with Crippen LogP contribution in [0.15, 0.2) is 55.7 Å². The quantitative estimate of drug-likeness (QED) is 0.250. The number of rotatable bonds is 9. The molecule has 31 heavy (non-hydrogen) atoms. The minimum atomic E-state index is -4.54. The van der Waals surface area contributed by atoms with E-state index in [1.165, 1.54) is 23.2 Å². The summed E-state index contributed by atoms with van der Waals surface area (Å²) in [6.45, 7) is 0.123. The third-order valence-corrected chi connectivity index (χ3v) is 8.77. The molecular weight excluding hydrogens is 495 g/mol. The number of sulfonamides is 1. The highest BCUT2D eigenvalue weighted by Gasteiger charge is 2.31. The molecule has 0 amide bonds. The van der Waals surface area contributed by atoms with E-state index in [-0.39, 0.29) is 22.1 Å². The smallest absolute Gasteiger partial charge is 0.416 e. The Labute approximate surface area is 187 Å². The summed E-state index contributed by atoms with van der Waals surface area (Å²) in [7, 11) is -4.05. The van der Waals surface area contributed by atoms with Gasteiger partial charge in [-0.3, -0.25) is 0 Å². The number of hydrogen-bond acceptors (Lipinski definition) is 8. The van der Waals surface area contributed by atoms with Crippen LogP contribution in [-0.2, 0) is 16.2 Å². The normalized spacial score (nSPS) is 12.1. The number of thioether (sulfide) groups is 1. The van der Waals surface area contributed by atoms with E-state index in [1.807, 2.05) is 0 Å². The number of thiazole rings is 1. The monoisotopic (exact) mass is 509 g/mol. The van der Waals surface area contributed by atoms with Gasteiger partial charge in [0.25, 0.3) is 10.0 Å². The number of alkyl halides is 3. The first-order valence-corrected chi connectivity index (χ1v) is 12.6. The molecule has 0 radical (unpaired) electrons. The molecule has 7 nitrogen and oxygen atoms in total. The van der Waals surface area contributed by atoms with Gasteiger partial charge >= 0.3 is 12.1 Å². The summed E-state index contributed by atoms with van der Waals surface area (Å²) in [5.74, 6) is -0.805. The molecule has 0 aliphatic heterocycles. The SMILES string of the molecule is O=C(O)c1csc(SCCNN(c2ccc(C(F)(F)F)cc2)S(=O)(=O)c2cccs2)n1. The van der Waals surface area contributed by atoms with Crippen molar-refractivity contribution in [3.8, 4) is 0 Å². The summed E-state index contributed by atoms with van der Waals surface area (Å²) >= 11 is 3.35. The molecule has 3 aromatic rings. The lowest BCUT2D eigenvalue weighted by atomic mass is 10.2. The Balaban J connectivity index is 1.75. The molecule has 0 spiro atoms. The standard InChI is InChI=1S/C17H14F3N3O4S4/c18-17(19,20)11-3-5-12(6-4-11)23(31(26,27)14-2-1-8-28-14)21-7-9-29-16-22-13(10-30-16)15(24)25/h1-6,8,10,21H,7,9H2,(H,24,25). The molecule has 0 saturated carbocycles. The van der Waals surface area contributed by atoms with E-state index in [9.17, 15) is 26.4 Å². The predicted octanol–water partition coefficient (Wildman–Crippen LogP) is 4.41. The van der Waals surface area contributed by atoms with Crippen LogP contribution in [0, 0.1) is 0 Å². The predicted molar refractivity (Wildman–Crippen MR) is 113 cm³/mol. The van der Waals surface area contributed by atoms with Crippen LogP contribution in [-0.4, -0.2) is 36.8 Å². The largest absolute Gasteiger partial charge is 0.476 e. The highest BCUT2D eigenvalue weighted by atomic mass is 32.2. The van der Waals surface area contributed by atoms with Crippen molar-refractivity contribution in [1.82, 2.24) is 10.4 Å². The van der Waals surface area contributed by atoms with Gasteiger partial charge in [0.1, 0.15) is 4.21 Å². The second kappa shape index (κ2) is 9.56. The van der Waals surface area contributed by atoms with E-state index in [0.717, 1.165) is 51.4 Å². The highest BCUT2D eigenvalue weighted by molar-refractivity contribution is 8.01. The number of carbonyl (C=O) groups is 1. The first-order chi connectivity index (χ1) is 14.6. The van der Waals surface area contributed by atoms with Gasteiger partial charge in [-0.25, -0.2) is 15.2 Å². The molecule has 0 aliphatic rings. The number of carboxylic acid groups (broad SMARTS) is 1. The maximum Gasteiger partial charge on any atom is 0.416 e. The van der Waals surface area contributed by atoms with Gasteiger partial charge in [-0.15, -0.1) is 22.7 Å². The Morgan fingerprint density at radius 1 is 1.19 bits per heavy atom. The number of carboxylic acids is 1. The van der Waals surface area contributed by atoms with Crippen molar-refractivity contribution in [2.45, 2.75) is 14.7 Å². The lowest BCUT2D eigenvalue weighted by molar-refractivity contribution is -0.137. The van der Waals surface area contributed by atoms with Crippen molar-refractivity contribution in [2.24, 2.45) is 0 Å². The molecular formula is C17H14F3N3O4S4. The molecule has 1 aromatic carbocycles. The van der Waals surface area contributed by atoms with Gasteiger partial charge in [-0.2, -0.15) is 26.0 Å². The highest BCUT2D eigenvalue weighted by Crippen LogP contribution is 2.32. The Morgan fingerprint density at radius 3 is 2.45 bits per heavy atom. The van der Waals surface area contributed by atoms with Crippen molar-refractivity contribution in [1.29, 1.82) is 0 Å². The number of aromatic nitrogens is 1. The number of benzene rings is 1. The number of nitrogens with zero attached hydrogens (tertiary/aromatic N) is 2. The molecule has 0 unspecified atom stereocenters. The van der Waals surface area contributed by atoms with Crippen LogP contribution >= 0.6 is 34.4 Å². The molecule has 2 N–H and O–H groups in total. The van der Waals surface area contributed by atoms with Crippen LogP contribution in [0.4, 0.5) is 18.9 Å². The second-order valence-corrected chi connectivity index (χ2v) is 11.0. The maximum atomic E-state index is 13.0. The van der Waals surface area contributed by atoms with Crippen LogP contribution in [0.5, 0.6) is 0 Å². The fourth-order valence-electron chi connectivity index (χ4n) is 2.31. The van der Waals surface area contributed by atoms with Crippen molar-refractivity contribution in [3.63, 3.8) is 0 Å². The van der Waals surface area contributed by atoms with Crippen LogP contribution < -0.4 is 9.84 Å². The van der Waals surface area contributed by atoms with Gasteiger partial charge in [0, 0.05) is 17.7 Å². The average molecular weight is 510 g/mol. The number of nitrogens with one attached hydrogen (secondary N) is 1. The summed E-state index contributed by atoms with van der Waals surface area (Å²) in [5.41, 5.74) is 1.79. The minimum absolute atomic E-state index is 0.0220. The maximum absolute atomic E-state index is 13.0. The van der Waals surface area contributed by atoms with E-state index in [4.69, 9.17) is 5.11 Å². The molecule has 3 rings (SSSR count). The first-order valence-electron chi connectivity index (χ1n) is 8.40. The minimum Gasteiger partial charge on any atom is -0.476 e. The second-order valence-electron chi connectivity index (χ2n) is 5.81. The fraction of sp³-hybridized carbons (Fsp3) is 0.176. The Morgan fingerprint density at radius 2 is 1.90 bits per heavy atom. The van der Waals surface area contributed by atoms with Gasteiger partial charge in [-0.1, -0.05) is 17.8 Å². The van der Waals surface area contributed by atoms with Gasteiger partial charge < -0.3 is 5.11 Å². The number of aromatic carboxylic acids is 1. The van der Waals surface area contributed by atoms with Crippen LogP contribution in [0.2, 0.25) is 0 Å². The summed E-state index contributed by atoms with van der Waals surface area (Å²) in [6, 6.07) is 6.73. The summed E-state index contributed by atoms with van der Waals surface area (Å²) in [6.07, 6.45) is -4.54. The summed E-state index contributed by atoms with van der Waals surface area (Å²) < 4.78 is 65.9. The zero-order chi connectivity index (χ0) is 22.6. The third-order valence-electron chi connectivity index (χ3n) is 3.70. The van der Waals surface area contributed by atoms with E-state index in [0.29, 0.717) is 10.1 Å². The molecule has 0 fully saturated rings. The van der Waals surface area contributed by atoms with Crippen LogP contribution in [0.25, 0.3) is 0 Å². The molecule has 2 aromatic heterocycles. The molecule has 166 valence electrons. The molecule has 14 heteroatoms. The summed E-state index contributed by atoms with van der Waals surface area (Å²) in [5, 5.41) is 11.9. The number of halogens is 3. The summed E-state index contributed by atoms with van der Waals surface area (Å²) in [4.78, 5) is 14.8. The average Bonchev–Trinajstić information content (AvgIpc) is 3.40. The fourth-order valence-corrected chi connectivity index (χ4v) is 6.44. The van der Waals surface area contributed by atoms with Crippen molar-refractivity contribution in [2.75, 3.05) is 16.7 Å². The van der Waals surface area contributed by atoms with E-state index in [2.05, 4.69) is 10.4 Å². The van der Waals surface area contributed by atoms with Gasteiger partial charge in [0.05, 0.1) is 11.3 Å². The Hall–Kier alpha value is -2.13.